The highest BCUT2D eigenvalue weighted by Crippen LogP contribution is 2.22. The van der Waals surface area contributed by atoms with Crippen molar-refractivity contribution in [2.45, 2.75) is 6.10 Å². The summed E-state index contributed by atoms with van der Waals surface area (Å²) in [5, 5.41) is 2.73. The van der Waals surface area contributed by atoms with Gasteiger partial charge >= 0.3 is 5.97 Å². The summed E-state index contributed by atoms with van der Waals surface area (Å²) in [7, 11) is 0. The summed E-state index contributed by atoms with van der Waals surface area (Å²) in [6.07, 6.45) is 1.53. The molecule has 7 nitrogen and oxygen atoms in total. The minimum Gasteiger partial charge on any atom is -0.442 e. The van der Waals surface area contributed by atoms with Gasteiger partial charge in [-0.15, -0.1) is 0 Å². The number of nitrogens with zero attached hydrogens (tertiary/aromatic N) is 2. The molecule has 130 valence electrons. The first-order valence-corrected chi connectivity index (χ1v) is 7.83. The Bertz CT molecular complexity index is 901. The second kappa shape index (κ2) is 7.89. The van der Waals surface area contributed by atoms with Crippen molar-refractivity contribution in [3.05, 3.63) is 84.3 Å². The van der Waals surface area contributed by atoms with Crippen LogP contribution in [0.2, 0.25) is 0 Å². The number of ether oxygens (including phenoxy) is 1. The van der Waals surface area contributed by atoms with E-state index in [2.05, 4.69) is 15.3 Å². The Morgan fingerprint density at radius 3 is 2.19 bits per heavy atom. The van der Waals surface area contributed by atoms with Crippen molar-refractivity contribution >= 4 is 23.4 Å². The normalized spacial score (nSPS) is 11.4. The van der Waals surface area contributed by atoms with E-state index in [0.717, 1.165) is 0 Å². The van der Waals surface area contributed by atoms with E-state index in [9.17, 15) is 9.59 Å². The van der Waals surface area contributed by atoms with Gasteiger partial charge in [0.25, 0.3) is 5.91 Å². The smallest absolute Gasteiger partial charge is 0.361 e. The number of para-hydroxylation sites is 1. The van der Waals surface area contributed by atoms with Crippen LogP contribution in [-0.4, -0.2) is 21.8 Å². The highest BCUT2D eigenvalue weighted by atomic mass is 16.5. The molecule has 26 heavy (non-hydrogen) atoms. The summed E-state index contributed by atoms with van der Waals surface area (Å²) in [4.78, 5) is 32.8. The quantitative estimate of drug-likeness (QED) is 0.686. The molecule has 1 aromatic heterocycles. The SMILES string of the molecule is Nc1nccnc1C(=O)O[C@@H](C(=O)Nc1ccccc1)c1ccccc1. The topological polar surface area (TPSA) is 107 Å². The van der Waals surface area contributed by atoms with Crippen LogP contribution in [0.15, 0.2) is 73.1 Å². The van der Waals surface area contributed by atoms with Crippen LogP contribution in [0, 0.1) is 0 Å². The third-order valence-corrected chi connectivity index (χ3v) is 3.53. The molecule has 0 spiro atoms. The summed E-state index contributed by atoms with van der Waals surface area (Å²) in [6.45, 7) is 0. The molecule has 0 fully saturated rings. The number of carbonyl (C=O) groups is 2. The minimum absolute atomic E-state index is 0.0622. The molecule has 2 aromatic carbocycles. The van der Waals surface area contributed by atoms with Crippen LogP contribution in [-0.2, 0) is 9.53 Å². The van der Waals surface area contributed by atoms with Crippen LogP contribution in [0.25, 0.3) is 0 Å². The fourth-order valence-electron chi connectivity index (χ4n) is 2.30. The van der Waals surface area contributed by atoms with Gasteiger partial charge in [0.15, 0.2) is 11.5 Å². The molecule has 0 unspecified atom stereocenters. The number of carbonyl (C=O) groups excluding carboxylic acids is 2. The van der Waals surface area contributed by atoms with Gasteiger partial charge in [-0.2, -0.15) is 0 Å². The van der Waals surface area contributed by atoms with E-state index < -0.39 is 18.0 Å². The Balaban J connectivity index is 1.85. The third-order valence-electron chi connectivity index (χ3n) is 3.53. The first-order chi connectivity index (χ1) is 12.6. The average Bonchev–Trinajstić information content (AvgIpc) is 2.67. The molecule has 0 aliphatic heterocycles. The number of rotatable bonds is 5. The summed E-state index contributed by atoms with van der Waals surface area (Å²) >= 11 is 0. The predicted molar refractivity (Wildman–Crippen MR) is 96.1 cm³/mol. The fraction of sp³-hybridized carbons (Fsp3) is 0.0526. The molecular weight excluding hydrogens is 332 g/mol. The lowest BCUT2D eigenvalue weighted by molar-refractivity contribution is -0.125. The van der Waals surface area contributed by atoms with Gasteiger partial charge in [0, 0.05) is 23.6 Å². The molecule has 0 saturated carbocycles. The molecule has 1 heterocycles. The minimum atomic E-state index is -1.16. The number of amides is 1. The predicted octanol–water partition coefficient (Wildman–Crippen LogP) is 2.60. The molecule has 0 aliphatic carbocycles. The standard InChI is InChI=1S/C19H16N4O3/c20-17-15(21-11-12-22-17)19(25)26-16(13-7-3-1-4-8-13)18(24)23-14-9-5-2-6-10-14/h1-12,16H,(H2,20,22)(H,23,24)/t16-/m1/s1. The Labute approximate surface area is 149 Å². The second-order valence-electron chi connectivity index (χ2n) is 5.34. The lowest BCUT2D eigenvalue weighted by Gasteiger charge is -2.18. The zero-order valence-electron chi connectivity index (χ0n) is 13.7. The number of anilines is 2. The Hall–Kier alpha value is -3.74. The number of hydrogen-bond donors (Lipinski definition) is 2. The molecule has 7 heteroatoms. The maximum atomic E-state index is 12.7. The molecule has 1 atom stereocenters. The van der Waals surface area contributed by atoms with Gasteiger partial charge in [-0.1, -0.05) is 48.5 Å². The van der Waals surface area contributed by atoms with E-state index >= 15 is 0 Å². The van der Waals surface area contributed by atoms with E-state index in [1.54, 1.807) is 54.6 Å². The molecule has 0 saturated heterocycles. The van der Waals surface area contributed by atoms with Crippen molar-refractivity contribution in [3.8, 4) is 0 Å². The third kappa shape index (κ3) is 4.02. The summed E-state index contributed by atoms with van der Waals surface area (Å²) < 4.78 is 5.40. The van der Waals surface area contributed by atoms with Crippen molar-refractivity contribution in [2.24, 2.45) is 0 Å². The van der Waals surface area contributed by atoms with Crippen molar-refractivity contribution in [1.82, 2.24) is 9.97 Å². The zero-order valence-corrected chi connectivity index (χ0v) is 13.7. The maximum Gasteiger partial charge on any atom is 0.361 e. The zero-order chi connectivity index (χ0) is 18.4. The Morgan fingerprint density at radius 2 is 1.54 bits per heavy atom. The second-order valence-corrected chi connectivity index (χ2v) is 5.34. The van der Waals surface area contributed by atoms with Crippen LogP contribution in [0.4, 0.5) is 11.5 Å². The monoisotopic (exact) mass is 348 g/mol. The van der Waals surface area contributed by atoms with Crippen molar-refractivity contribution in [2.75, 3.05) is 11.1 Å². The van der Waals surface area contributed by atoms with Crippen molar-refractivity contribution in [1.29, 1.82) is 0 Å². The molecule has 3 rings (SSSR count). The molecule has 0 bridgehead atoms. The fourth-order valence-corrected chi connectivity index (χ4v) is 2.30. The van der Waals surface area contributed by atoms with E-state index in [1.165, 1.54) is 12.4 Å². The van der Waals surface area contributed by atoms with Gasteiger partial charge in [-0.3, -0.25) is 4.79 Å². The van der Waals surface area contributed by atoms with Gasteiger partial charge in [-0.05, 0) is 12.1 Å². The van der Waals surface area contributed by atoms with E-state index in [-0.39, 0.29) is 11.5 Å². The lowest BCUT2D eigenvalue weighted by atomic mass is 10.1. The molecule has 3 N–H and O–H groups in total. The van der Waals surface area contributed by atoms with Gasteiger partial charge in [0.1, 0.15) is 0 Å². The van der Waals surface area contributed by atoms with Crippen molar-refractivity contribution < 1.29 is 14.3 Å². The number of hydrogen-bond acceptors (Lipinski definition) is 6. The van der Waals surface area contributed by atoms with Crippen LogP contribution in [0.3, 0.4) is 0 Å². The number of nitrogens with two attached hydrogens (primary N) is 1. The highest BCUT2D eigenvalue weighted by molar-refractivity contribution is 5.98. The van der Waals surface area contributed by atoms with Crippen molar-refractivity contribution in [3.63, 3.8) is 0 Å². The number of aromatic nitrogens is 2. The number of nitrogens with one attached hydrogen (secondary N) is 1. The van der Waals surface area contributed by atoms with Crippen LogP contribution in [0.5, 0.6) is 0 Å². The number of esters is 1. The molecule has 0 aliphatic rings. The van der Waals surface area contributed by atoms with Crippen LogP contribution >= 0.6 is 0 Å². The van der Waals surface area contributed by atoms with E-state index in [1.807, 2.05) is 6.07 Å². The molecule has 3 aromatic rings. The van der Waals surface area contributed by atoms with Gasteiger partial charge in [-0.25, -0.2) is 14.8 Å². The highest BCUT2D eigenvalue weighted by Gasteiger charge is 2.27. The summed E-state index contributed by atoms with van der Waals surface area (Å²) in [6, 6.07) is 17.6. The molecular formula is C19H16N4O3. The van der Waals surface area contributed by atoms with E-state index in [4.69, 9.17) is 10.5 Å². The molecule has 0 radical (unpaired) electrons. The Morgan fingerprint density at radius 1 is 0.923 bits per heavy atom. The van der Waals surface area contributed by atoms with E-state index in [0.29, 0.717) is 11.3 Å². The van der Waals surface area contributed by atoms with Gasteiger partial charge < -0.3 is 15.8 Å². The van der Waals surface area contributed by atoms with Crippen LogP contribution < -0.4 is 11.1 Å². The molecule has 1 amide bonds. The van der Waals surface area contributed by atoms with Crippen LogP contribution in [0.1, 0.15) is 22.2 Å². The largest absolute Gasteiger partial charge is 0.442 e. The first-order valence-electron chi connectivity index (χ1n) is 7.83. The average molecular weight is 348 g/mol. The number of nitrogen functional groups attached to an aromatic ring is 1. The Kier molecular flexibility index (Phi) is 5.19. The lowest BCUT2D eigenvalue weighted by Crippen LogP contribution is -2.26. The number of benzene rings is 2. The summed E-state index contributed by atoms with van der Waals surface area (Å²) in [5.41, 5.74) is 6.64. The summed E-state index contributed by atoms with van der Waals surface area (Å²) in [5.74, 6) is -1.38. The van der Waals surface area contributed by atoms with Gasteiger partial charge in [0.2, 0.25) is 6.10 Å². The maximum absolute atomic E-state index is 12.7. The van der Waals surface area contributed by atoms with Gasteiger partial charge in [0.05, 0.1) is 0 Å². The first kappa shape index (κ1) is 17.1.